The molecule has 1 N–H and O–H groups in total. The molecular formula is C14H28N2O2. The summed E-state index contributed by atoms with van der Waals surface area (Å²) >= 11 is 0. The largest absolute Gasteiger partial charge is 0.444 e. The second kappa shape index (κ2) is 6.41. The first-order chi connectivity index (χ1) is 8.35. The predicted molar refractivity (Wildman–Crippen MR) is 73.7 cm³/mol. The molecule has 0 radical (unpaired) electrons. The molecule has 4 heteroatoms. The highest BCUT2D eigenvalue weighted by atomic mass is 16.6. The minimum atomic E-state index is -0.416. The van der Waals surface area contributed by atoms with Gasteiger partial charge < -0.3 is 15.0 Å². The number of carbonyl (C=O) groups excluding carboxylic acids is 1. The zero-order valence-corrected chi connectivity index (χ0v) is 12.5. The summed E-state index contributed by atoms with van der Waals surface area (Å²) in [6.07, 6.45) is 2.13. The van der Waals surface area contributed by atoms with Crippen molar-refractivity contribution in [2.24, 2.45) is 5.92 Å². The van der Waals surface area contributed by atoms with E-state index in [4.69, 9.17) is 4.74 Å². The molecule has 1 heterocycles. The van der Waals surface area contributed by atoms with E-state index in [0.29, 0.717) is 5.92 Å². The van der Waals surface area contributed by atoms with Crippen molar-refractivity contribution in [1.29, 1.82) is 0 Å². The lowest BCUT2D eigenvalue weighted by atomic mass is 9.94. The van der Waals surface area contributed by atoms with E-state index >= 15 is 0 Å². The minimum absolute atomic E-state index is 0.169. The van der Waals surface area contributed by atoms with Crippen LogP contribution in [0.1, 0.15) is 47.5 Å². The van der Waals surface area contributed by atoms with Gasteiger partial charge in [0, 0.05) is 19.6 Å². The molecule has 1 aliphatic heterocycles. The van der Waals surface area contributed by atoms with Gasteiger partial charge in [-0.25, -0.2) is 4.79 Å². The molecule has 0 spiro atoms. The van der Waals surface area contributed by atoms with E-state index in [9.17, 15) is 4.79 Å². The molecule has 1 rings (SSSR count). The monoisotopic (exact) mass is 256 g/mol. The average Bonchev–Trinajstić information content (AvgIpc) is 2.27. The maximum atomic E-state index is 12.2. The van der Waals surface area contributed by atoms with Crippen LogP contribution >= 0.6 is 0 Å². The van der Waals surface area contributed by atoms with Gasteiger partial charge in [0.05, 0.1) is 6.04 Å². The van der Waals surface area contributed by atoms with Crippen molar-refractivity contribution in [3.8, 4) is 0 Å². The summed E-state index contributed by atoms with van der Waals surface area (Å²) in [5, 5.41) is 3.37. The van der Waals surface area contributed by atoms with Gasteiger partial charge in [-0.15, -0.1) is 0 Å². The van der Waals surface area contributed by atoms with Gasteiger partial charge in [0.2, 0.25) is 0 Å². The standard InChI is InChI=1S/C14H28N2O2/c1-6-7-11(2)12-10-15-8-9-16(12)13(17)18-14(3,4)5/h11-12,15H,6-10H2,1-5H3. The van der Waals surface area contributed by atoms with Crippen LogP contribution in [-0.4, -0.2) is 42.3 Å². The van der Waals surface area contributed by atoms with Crippen molar-refractivity contribution in [3.05, 3.63) is 0 Å². The van der Waals surface area contributed by atoms with Gasteiger partial charge in [0.25, 0.3) is 0 Å². The molecule has 0 aromatic carbocycles. The van der Waals surface area contributed by atoms with Crippen LogP contribution in [0, 0.1) is 5.92 Å². The lowest BCUT2D eigenvalue weighted by Gasteiger charge is -2.40. The second-order valence-electron chi connectivity index (χ2n) is 6.21. The van der Waals surface area contributed by atoms with Gasteiger partial charge in [0.1, 0.15) is 5.60 Å². The first kappa shape index (κ1) is 15.3. The molecule has 0 aliphatic carbocycles. The number of nitrogens with zero attached hydrogens (tertiary/aromatic N) is 1. The molecule has 0 saturated carbocycles. The molecule has 1 fully saturated rings. The molecule has 106 valence electrons. The molecule has 4 nitrogen and oxygen atoms in total. The summed E-state index contributed by atoms with van der Waals surface area (Å²) in [4.78, 5) is 14.1. The fraction of sp³-hybridized carbons (Fsp3) is 0.929. The van der Waals surface area contributed by atoms with Crippen LogP contribution in [0.4, 0.5) is 4.79 Å². The van der Waals surface area contributed by atoms with Gasteiger partial charge in [-0.1, -0.05) is 20.3 Å². The highest BCUT2D eigenvalue weighted by Crippen LogP contribution is 2.20. The second-order valence-corrected chi connectivity index (χ2v) is 6.21. The number of carbonyl (C=O) groups is 1. The van der Waals surface area contributed by atoms with Crippen molar-refractivity contribution in [1.82, 2.24) is 10.2 Å². The number of ether oxygens (including phenoxy) is 1. The molecule has 1 amide bonds. The van der Waals surface area contributed by atoms with Crippen molar-refractivity contribution in [3.63, 3.8) is 0 Å². The van der Waals surface area contributed by atoms with Crippen molar-refractivity contribution in [2.75, 3.05) is 19.6 Å². The Hall–Kier alpha value is -0.770. The Bertz CT molecular complexity index is 273. The Morgan fingerprint density at radius 1 is 1.50 bits per heavy atom. The summed E-state index contributed by atoms with van der Waals surface area (Å²) in [6.45, 7) is 12.6. The van der Waals surface area contributed by atoms with E-state index in [0.717, 1.165) is 32.5 Å². The van der Waals surface area contributed by atoms with Gasteiger partial charge in [-0.2, -0.15) is 0 Å². The van der Waals surface area contributed by atoms with Crippen LogP contribution in [0.2, 0.25) is 0 Å². The third-order valence-electron chi connectivity index (χ3n) is 3.31. The first-order valence-corrected chi connectivity index (χ1v) is 7.05. The normalized spacial score (nSPS) is 22.7. The smallest absolute Gasteiger partial charge is 0.410 e. The summed E-state index contributed by atoms with van der Waals surface area (Å²) < 4.78 is 5.49. The molecule has 1 aliphatic rings. The summed E-state index contributed by atoms with van der Waals surface area (Å²) in [7, 11) is 0. The molecule has 0 aromatic heterocycles. The van der Waals surface area contributed by atoms with Gasteiger partial charge in [-0.3, -0.25) is 0 Å². The van der Waals surface area contributed by atoms with Crippen LogP contribution in [0.3, 0.4) is 0 Å². The molecule has 18 heavy (non-hydrogen) atoms. The molecular weight excluding hydrogens is 228 g/mol. The fourth-order valence-electron chi connectivity index (χ4n) is 2.43. The van der Waals surface area contributed by atoms with Crippen LogP contribution in [0.15, 0.2) is 0 Å². The van der Waals surface area contributed by atoms with E-state index in [2.05, 4.69) is 19.2 Å². The van der Waals surface area contributed by atoms with E-state index in [1.54, 1.807) is 0 Å². The van der Waals surface area contributed by atoms with Gasteiger partial charge >= 0.3 is 6.09 Å². The molecule has 2 unspecified atom stereocenters. The number of rotatable bonds is 3. The Kier molecular flexibility index (Phi) is 5.45. The van der Waals surface area contributed by atoms with E-state index < -0.39 is 5.60 Å². The minimum Gasteiger partial charge on any atom is -0.444 e. The third kappa shape index (κ3) is 4.48. The average molecular weight is 256 g/mol. The van der Waals surface area contributed by atoms with E-state index in [-0.39, 0.29) is 12.1 Å². The van der Waals surface area contributed by atoms with E-state index in [1.807, 2.05) is 25.7 Å². The van der Waals surface area contributed by atoms with Crippen LogP contribution < -0.4 is 5.32 Å². The van der Waals surface area contributed by atoms with Crippen LogP contribution in [-0.2, 0) is 4.74 Å². The Morgan fingerprint density at radius 2 is 2.17 bits per heavy atom. The highest BCUT2D eigenvalue weighted by molar-refractivity contribution is 5.68. The molecule has 2 atom stereocenters. The molecule has 1 saturated heterocycles. The fourth-order valence-corrected chi connectivity index (χ4v) is 2.43. The first-order valence-electron chi connectivity index (χ1n) is 7.05. The number of nitrogens with one attached hydrogen (secondary N) is 1. The summed E-state index contributed by atoms with van der Waals surface area (Å²) in [6, 6.07) is 0.258. The van der Waals surface area contributed by atoms with E-state index in [1.165, 1.54) is 0 Å². The number of amides is 1. The van der Waals surface area contributed by atoms with Crippen molar-refractivity contribution in [2.45, 2.75) is 59.1 Å². The maximum absolute atomic E-state index is 12.2. The highest BCUT2D eigenvalue weighted by Gasteiger charge is 2.33. The zero-order chi connectivity index (χ0) is 13.8. The number of hydrogen-bond acceptors (Lipinski definition) is 3. The summed E-state index contributed by atoms with van der Waals surface area (Å²) in [5.41, 5.74) is -0.416. The summed E-state index contributed by atoms with van der Waals surface area (Å²) in [5.74, 6) is 0.510. The quantitative estimate of drug-likeness (QED) is 0.844. The number of hydrogen-bond donors (Lipinski definition) is 1. The topological polar surface area (TPSA) is 41.6 Å². The van der Waals surface area contributed by atoms with Crippen LogP contribution in [0.25, 0.3) is 0 Å². The lowest BCUT2D eigenvalue weighted by Crippen LogP contribution is -2.57. The van der Waals surface area contributed by atoms with Crippen molar-refractivity contribution < 1.29 is 9.53 Å². The lowest BCUT2D eigenvalue weighted by molar-refractivity contribution is 0.00490. The Labute approximate surface area is 111 Å². The molecule has 0 aromatic rings. The van der Waals surface area contributed by atoms with Gasteiger partial charge in [-0.05, 0) is 33.1 Å². The van der Waals surface area contributed by atoms with Crippen molar-refractivity contribution >= 4 is 6.09 Å². The van der Waals surface area contributed by atoms with Gasteiger partial charge in [0.15, 0.2) is 0 Å². The van der Waals surface area contributed by atoms with Crippen LogP contribution in [0.5, 0.6) is 0 Å². The third-order valence-corrected chi connectivity index (χ3v) is 3.31. The Morgan fingerprint density at radius 3 is 2.72 bits per heavy atom. The zero-order valence-electron chi connectivity index (χ0n) is 12.5. The maximum Gasteiger partial charge on any atom is 0.410 e. The SMILES string of the molecule is CCCC(C)C1CNCCN1C(=O)OC(C)(C)C. The number of piperazine rings is 1. The predicted octanol–water partition coefficient (Wildman–Crippen LogP) is 2.63. The molecule has 0 bridgehead atoms. The Balaban J connectivity index is 2.67.